The molecule has 1 saturated carbocycles. The van der Waals surface area contributed by atoms with Gasteiger partial charge in [0.05, 0.1) is 12.3 Å². The highest BCUT2D eigenvalue weighted by Gasteiger charge is 2.33. The fourth-order valence-corrected chi connectivity index (χ4v) is 3.96. The van der Waals surface area contributed by atoms with Gasteiger partial charge in [0.15, 0.2) is 0 Å². The average Bonchev–Trinajstić information content (AvgIpc) is 3.35. The number of nitrogens with one attached hydrogen (secondary N) is 1. The van der Waals surface area contributed by atoms with Crippen molar-refractivity contribution in [1.82, 2.24) is 4.90 Å². The summed E-state index contributed by atoms with van der Waals surface area (Å²) < 4.78 is 24.9. The largest absolute Gasteiger partial charge is 0.491 e. The Bertz CT molecular complexity index is 644. The predicted molar refractivity (Wildman–Crippen MR) is 96.9 cm³/mol. The Kier molecular flexibility index (Phi) is 5.29. The standard InChI is InChI=1S/C20H27FN2O3/c21-17-3-4-19(26-13-14-1-2-14)18(11-17)22-20(24)23-8-5-16(12-23)15-6-9-25-10-7-15/h3-4,11,14-16H,1-2,5-10,12-13H2,(H,22,24). The summed E-state index contributed by atoms with van der Waals surface area (Å²) in [6.45, 7) is 3.81. The van der Waals surface area contributed by atoms with Gasteiger partial charge in [-0.25, -0.2) is 9.18 Å². The number of anilines is 1. The molecule has 0 radical (unpaired) electrons. The van der Waals surface area contributed by atoms with E-state index in [2.05, 4.69) is 5.32 Å². The van der Waals surface area contributed by atoms with Crippen molar-refractivity contribution in [1.29, 1.82) is 0 Å². The third-order valence-electron chi connectivity index (χ3n) is 5.80. The first-order valence-corrected chi connectivity index (χ1v) is 9.75. The molecule has 0 bridgehead atoms. The van der Waals surface area contributed by atoms with Crippen LogP contribution >= 0.6 is 0 Å². The number of benzene rings is 1. The lowest BCUT2D eigenvalue weighted by Gasteiger charge is -2.27. The SMILES string of the molecule is O=C(Nc1cc(F)ccc1OCC1CC1)N1CCC(C2CCOCC2)C1. The summed E-state index contributed by atoms with van der Waals surface area (Å²) in [5, 5.41) is 2.86. The van der Waals surface area contributed by atoms with Gasteiger partial charge in [0.1, 0.15) is 11.6 Å². The van der Waals surface area contributed by atoms with Crippen molar-refractivity contribution in [3.05, 3.63) is 24.0 Å². The molecular formula is C20H27FN2O3. The van der Waals surface area contributed by atoms with Gasteiger partial charge in [-0.2, -0.15) is 0 Å². The van der Waals surface area contributed by atoms with Crippen LogP contribution in [0.4, 0.5) is 14.9 Å². The topological polar surface area (TPSA) is 50.8 Å². The lowest BCUT2D eigenvalue weighted by molar-refractivity contribution is 0.0485. The van der Waals surface area contributed by atoms with Crippen molar-refractivity contribution in [3.8, 4) is 5.75 Å². The van der Waals surface area contributed by atoms with Crippen LogP contribution in [-0.4, -0.2) is 43.8 Å². The van der Waals surface area contributed by atoms with Crippen LogP contribution in [0.1, 0.15) is 32.1 Å². The zero-order chi connectivity index (χ0) is 17.9. The molecule has 2 saturated heterocycles. The van der Waals surface area contributed by atoms with Crippen LogP contribution in [0.3, 0.4) is 0 Å². The van der Waals surface area contributed by atoms with Gasteiger partial charge in [0, 0.05) is 32.4 Å². The minimum absolute atomic E-state index is 0.165. The lowest BCUT2D eigenvalue weighted by atomic mass is 9.85. The molecule has 2 amide bonds. The zero-order valence-electron chi connectivity index (χ0n) is 15.1. The molecule has 4 rings (SSSR count). The maximum Gasteiger partial charge on any atom is 0.321 e. The van der Waals surface area contributed by atoms with Crippen molar-refractivity contribution in [3.63, 3.8) is 0 Å². The van der Waals surface area contributed by atoms with Crippen LogP contribution in [0.25, 0.3) is 0 Å². The van der Waals surface area contributed by atoms with Gasteiger partial charge in [-0.3, -0.25) is 0 Å². The summed E-state index contributed by atoms with van der Waals surface area (Å²) in [6, 6.07) is 4.14. The van der Waals surface area contributed by atoms with Crippen molar-refractivity contribution in [2.45, 2.75) is 32.1 Å². The molecule has 5 nitrogen and oxygen atoms in total. The molecule has 1 aromatic carbocycles. The van der Waals surface area contributed by atoms with Crippen molar-refractivity contribution >= 4 is 11.7 Å². The number of halogens is 1. The molecule has 1 unspecified atom stereocenters. The van der Waals surface area contributed by atoms with Crippen molar-refractivity contribution in [2.75, 3.05) is 38.2 Å². The van der Waals surface area contributed by atoms with E-state index >= 15 is 0 Å². The minimum atomic E-state index is -0.374. The summed E-state index contributed by atoms with van der Waals surface area (Å²) in [7, 11) is 0. The number of hydrogen-bond acceptors (Lipinski definition) is 3. The quantitative estimate of drug-likeness (QED) is 0.864. The van der Waals surface area contributed by atoms with Gasteiger partial charge in [0.2, 0.25) is 0 Å². The molecule has 2 heterocycles. The van der Waals surface area contributed by atoms with Crippen molar-refractivity contribution < 1.29 is 18.7 Å². The van der Waals surface area contributed by atoms with Gasteiger partial charge >= 0.3 is 6.03 Å². The molecule has 26 heavy (non-hydrogen) atoms. The van der Waals surface area contributed by atoms with E-state index in [1.165, 1.54) is 25.0 Å². The van der Waals surface area contributed by atoms with E-state index in [1.54, 1.807) is 6.07 Å². The minimum Gasteiger partial charge on any atom is -0.491 e. The molecule has 3 fully saturated rings. The Balaban J connectivity index is 1.36. The molecule has 2 aliphatic heterocycles. The van der Waals surface area contributed by atoms with E-state index in [0.717, 1.165) is 45.6 Å². The third-order valence-corrected chi connectivity index (χ3v) is 5.80. The Morgan fingerprint density at radius 3 is 2.77 bits per heavy atom. The molecular weight excluding hydrogens is 335 g/mol. The number of carbonyl (C=O) groups excluding carboxylic acids is 1. The molecule has 3 aliphatic rings. The summed E-state index contributed by atoms with van der Waals surface area (Å²) in [5.41, 5.74) is 0.421. The highest BCUT2D eigenvalue weighted by atomic mass is 19.1. The zero-order valence-corrected chi connectivity index (χ0v) is 15.1. The number of amides is 2. The highest BCUT2D eigenvalue weighted by molar-refractivity contribution is 5.91. The van der Waals surface area contributed by atoms with Crippen LogP contribution in [0.5, 0.6) is 5.75 Å². The molecule has 0 aromatic heterocycles. The highest BCUT2D eigenvalue weighted by Crippen LogP contribution is 2.34. The Hall–Kier alpha value is -1.82. The molecule has 1 atom stereocenters. The lowest BCUT2D eigenvalue weighted by Crippen LogP contribution is -2.34. The smallest absolute Gasteiger partial charge is 0.321 e. The number of nitrogens with zero attached hydrogens (tertiary/aromatic N) is 1. The second-order valence-electron chi connectivity index (χ2n) is 7.77. The third kappa shape index (κ3) is 4.29. The Morgan fingerprint density at radius 1 is 1.19 bits per heavy atom. The molecule has 142 valence electrons. The van der Waals surface area contributed by atoms with Crippen LogP contribution in [0.2, 0.25) is 0 Å². The Labute approximate surface area is 153 Å². The number of rotatable bonds is 5. The molecule has 1 aromatic rings. The second kappa shape index (κ2) is 7.82. The van der Waals surface area contributed by atoms with Crippen LogP contribution in [-0.2, 0) is 4.74 Å². The number of urea groups is 1. The van der Waals surface area contributed by atoms with Gasteiger partial charge in [-0.1, -0.05) is 0 Å². The van der Waals surface area contributed by atoms with Crippen LogP contribution in [0.15, 0.2) is 18.2 Å². The van der Waals surface area contributed by atoms with E-state index in [1.807, 2.05) is 4.90 Å². The molecule has 6 heteroatoms. The number of carbonyl (C=O) groups is 1. The van der Waals surface area contributed by atoms with E-state index in [0.29, 0.717) is 35.8 Å². The second-order valence-corrected chi connectivity index (χ2v) is 7.77. The maximum absolute atomic E-state index is 13.7. The van der Waals surface area contributed by atoms with Gasteiger partial charge in [0.25, 0.3) is 0 Å². The summed E-state index contributed by atoms with van der Waals surface area (Å²) in [4.78, 5) is 14.5. The van der Waals surface area contributed by atoms with E-state index in [-0.39, 0.29) is 11.8 Å². The van der Waals surface area contributed by atoms with Crippen LogP contribution in [0, 0.1) is 23.6 Å². The fraction of sp³-hybridized carbons (Fsp3) is 0.650. The summed E-state index contributed by atoms with van der Waals surface area (Å²) in [5.74, 6) is 1.96. The first-order chi connectivity index (χ1) is 12.7. The first-order valence-electron chi connectivity index (χ1n) is 9.75. The van der Waals surface area contributed by atoms with E-state index < -0.39 is 0 Å². The summed E-state index contributed by atoms with van der Waals surface area (Å²) in [6.07, 6.45) is 5.58. The van der Waals surface area contributed by atoms with Crippen LogP contribution < -0.4 is 10.1 Å². The van der Waals surface area contributed by atoms with E-state index in [9.17, 15) is 9.18 Å². The monoisotopic (exact) mass is 362 g/mol. The maximum atomic E-state index is 13.7. The molecule has 1 aliphatic carbocycles. The van der Waals surface area contributed by atoms with Gasteiger partial charge in [-0.05, 0) is 62.0 Å². The average molecular weight is 362 g/mol. The van der Waals surface area contributed by atoms with Gasteiger partial charge in [-0.15, -0.1) is 0 Å². The first kappa shape index (κ1) is 17.6. The predicted octanol–water partition coefficient (Wildman–Crippen LogP) is 3.89. The fourth-order valence-electron chi connectivity index (χ4n) is 3.96. The van der Waals surface area contributed by atoms with Crippen molar-refractivity contribution in [2.24, 2.45) is 17.8 Å². The molecule has 0 spiro atoms. The summed E-state index contributed by atoms with van der Waals surface area (Å²) >= 11 is 0. The number of ether oxygens (including phenoxy) is 2. The van der Waals surface area contributed by atoms with Gasteiger partial charge < -0.3 is 19.7 Å². The normalized spacial score (nSPS) is 23.9. The Morgan fingerprint density at radius 2 is 2.00 bits per heavy atom. The molecule has 1 N–H and O–H groups in total. The number of likely N-dealkylation sites (tertiary alicyclic amines) is 1. The number of hydrogen-bond donors (Lipinski definition) is 1. The van der Waals surface area contributed by atoms with E-state index in [4.69, 9.17) is 9.47 Å².